The van der Waals surface area contributed by atoms with Crippen LogP contribution >= 0.6 is 11.6 Å². The van der Waals surface area contributed by atoms with E-state index in [1.165, 1.54) is 11.3 Å². The summed E-state index contributed by atoms with van der Waals surface area (Å²) in [5, 5.41) is 4.19. The molecule has 96 valence electrons. The van der Waals surface area contributed by atoms with Crippen molar-refractivity contribution < 1.29 is 0 Å². The minimum atomic E-state index is 0.440. The van der Waals surface area contributed by atoms with E-state index in [9.17, 15) is 0 Å². The van der Waals surface area contributed by atoms with Crippen LogP contribution in [-0.2, 0) is 13.1 Å². The number of nitrogens with one attached hydrogen (secondary N) is 1. The lowest BCUT2D eigenvalue weighted by Crippen LogP contribution is -2.16. The molecule has 0 spiro atoms. The predicted octanol–water partition coefficient (Wildman–Crippen LogP) is 3.41. The van der Waals surface area contributed by atoms with Crippen LogP contribution in [0.4, 0.5) is 0 Å². The fourth-order valence-corrected chi connectivity index (χ4v) is 2.13. The smallest absolute Gasteiger partial charge is 0.0951 e. The van der Waals surface area contributed by atoms with Crippen LogP contribution in [0.3, 0.4) is 0 Å². The Hall–Kier alpha value is -1.32. The van der Waals surface area contributed by atoms with E-state index in [0.29, 0.717) is 6.04 Å². The molecule has 0 fully saturated rings. The van der Waals surface area contributed by atoms with Crippen LogP contribution in [0.25, 0.3) is 0 Å². The molecule has 0 radical (unpaired) electrons. The Morgan fingerprint density at radius 3 is 2.89 bits per heavy atom. The number of hydrogen-bond donors (Lipinski definition) is 1. The van der Waals surface area contributed by atoms with Crippen molar-refractivity contribution in [2.45, 2.75) is 33.0 Å². The maximum absolute atomic E-state index is 5.95. The molecule has 0 amide bonds. The van der Waals surface area contributed by atoms with Crippen molar-refractivity contribution in [3.8, 4) is 0 Å². The summed E-state index contributed by atoms with van der Waals surface area (Å²) in [5.74, 6) is 0. The van der Waals surface area contributed by atoms with Crippen LogP contribution < -0.4 is 5.32 Å². The Balaban J connectivity index is 1.90. The average molecular weight is 264 g/mol. The molecule has 18 heavy (non-hydrogen) atoms. The van der Waals surface area contributed by atoms with Gasteiger partial charge >= 0.3 is 0 Å². The summed E-state index contributed by atoms with van der Waals surface area (Å²) in [7, 11) is 0. The van der Waals surface area contributed by atoms with Crippen LogP contribution in [0.1, 0.15) is 31.1 Å². The van der Waals surface area contributed by atoms with Crippen molar-refractivity contribution in [2.24, 2.45) is 0 Å². The molecule has 1 aromatic heterocycles. The topological polar surface area (TPSA) is 29.9 Å². The number of imidazole rings is 1. The lowest BCUT2D eigenvalue weighted by Gasteiger charge is -2.12. The van der Waals surface area contributed by atoms with Gasteiger partial charge in [0.25, 0.3) is 0 Å². The van der Waals surface area contributed by atoms with E-state index < -0.39 is 0 Å². The van der Waals surface area contributed by atoms with Gasteiger partial charge in [0.15, 0.2) is 0 Å². The third-order valence-corrected chi connectivity index (χ3v) is 3.06. The standard InChI is InChI=1S/C14H18ClN3/c1-11(2)18-10-17-9-14(18)8-16-7-12-4-3-5-13(15)6-12/h3-6,9-11,16H,7-8H2,1-2H3. The van der Waals surface area contributed by atoms with Gasteiger partial charge in [0.05, 0.1) is 12.0 Å². The molecule has 0 bridgehead atoms. The Bertz CT molecular complexity index is 505. The van der Waals surface area contributed by atoms with Crippen LogP contribution in [0.15, 0.2) is 36.8 Å². The molecule has 4 heteroatoms. The van der Waals surface area contributed by atoms with Gasteiger partial charge in [-0.05, 0) is 31.5 Å². The summed E-state index contributed by atoms with van der Waals surface area (Å²) in [6.45, 7) is 5.93. The molecule has 1 N–H and O–H groups in total. The molecule has 0 atom stereocenters. The Morgan fingerprint density at radius 1 is 1.33 bits per heavy atom. The quantitative estimate of drug-likeness (QED) is 0.896. The SMILES string of the molecule is CC(C)n1cncc1CNCc1cccc(Cl)c1. The van der Waals surface area contributed by atoms with Crippen molar-refractivity contribution in [3.05, 3.63) is 53.1 Å². The average Bonchev–Trinajstić information content (AvgIpc) is 2.77. The highest BCUT2D eigenvalue weighted by Crippen LogP contribution is 2.11. The monoisotopic (exact) mass is 263 g/mol. The van der Waals surface area contributed by atoms with Gasteiger partial charge in [0, 0.05) is 30.4 Å². The molecule has 0 aliphatic carbocycles. The molecule has 1 heterocycles. The second-order valence-electron chi connectivity index (χ2n) is 4.62. The molecule has 0 saturated carbocycles. The lowest BCUT2D eigenvalue weighted by molar-refractivity contribution is 0.550. The van der Waals surface area contributed by atoms with Crippen molar-refractivity contribution in [2.75, 3.05) is 0 Å². The van der Waals surface area contributed by atoms with E-state index in [0.717, 1.165) is 18.1 Å². The number of hydrogen-bond acceptors (Lipinski definition) is 2. The molecule has 0 unspecified atom stereocenters. The minimum absolute atomic E-state index is 0.440. The van der Waals surface area contributed by atoms with Crippen LogP contribution in [0.2, 0.25) is 5.02 Å². The normalized spacial score (nSPS) is 11.1. The first-order chi connectivity index (χ1) is 8.66. The number of aromatic nitrogens is 2. The predicted molar refractivity (Wildman–Crippen MR) is 74.6 cm³/mol. The fraction of sp³-hybridized carbons (Fsp3) is 0.357. The van der Waals surface area contributed by atoms with E-state index in [-0.39, 0.29) is 0 Å². The first-order valence-electron chi connectivity index (χ1n) is 6.12. The zero-order valence-corrected chi connectivity index (χ0v) is 11.5. The summed E-state index contributed by atoms with van der Waals surface area (Å²) in [5.41, 5.74) is 2.39. The fourth-order valence-electron chi connectivity index (χ4n) is 1.92. The van der Waals surface area contributed by atoms with Gasteiger partial charge in [0.1, 0.15) is 0 Å². The van der Waals surface area contributed by atoms with Crippen molar-refractivity contribution >= 4 is 11.6 Å². The van der Waals surface area contributed by atoms with E-state index in [1.807, 2.05) is 30.7 Å². The van der Waals surface area contributed by atoms with Gasteiger partial charge < -0.3 is 9.88 Å². The number of nitrogens with zero attached hydrogens (tertiary/aromatic N) is 2. The molecule has 1 aromatic carbocycles. The van der Waals surface area contributed by atoms with Crippen molar-refractivity contribution in [1.82, 2.24) is 14.9 Å². The second-order valence-corrected chi connectivity index (χ2v) is 5.06. The van der Waals surface area contributed by atoms with E-state index in [2.05, 4.69) is 34.8 Å². The lowest BCUT2D eigenvalue weighted by atomic mass is 10.2. The van der Waals surface area contributed by atoms with Gasteiger partial charge in [-0.1, -0.05) is 23.7 Å². The highest BCUT2D eigenvalue weighted by molar-refractivity contribution is 6.30. The Kier molecular flexibility index (Phi) is 4.39. The van der Waals surface area contributed by atoms with Crippen LogP contribution in [0, 0.1) is 0 Å². The summed E-state index contributed by atoms with van der Waals surface area (Å²) >= 11 is 5.95. The maximum Gasteiger partial charge on any atom is 0.0951 e. The largest absolute Gasteiger partial charge is 0.331 e. The van der Waals surface area contributed by atoms with E-state index in [1.54, 1.807) is 0 Å². The molecule has 0 aliphatic heterocycles. The molecule has 3 nitrogen and oxygen atoms in total. The zero-order valence-electron chi connectivity index (χ0n) is 10.7. The van der Waals surface area contributed by atoms with E-state index >= 15 is 0 Å². The van der Waals surface area contributed by atoms with Crippen LogP contribution in [-0.4, -0.2) is 9.55 Å². The summed E-state index contributed by atoms with van der Waals surface area (Å²) in [4.78, 5) is 4.18. The maximum atomic E-state index is 5.95. The number of rotatable bonds is 5. The Labute approximate surface area is 113 Å². The molecular formula is C14H18ClN3. The van der Waals surface area contributed by atoms with Crippen molar-refractivity contribution in [3.63, 3.8) is 0 Å². The molecule has 0 saturated heterocycles. The zero-order chi connectivity index (χ0) is 13.0. The highest BCUT2D eigenvalue weighted by atomic mass is 35.5. The highest BCUT2D eigenvalue weighted by Gasteiger charge is 2.04. The first-order valence-corrected chi connectivity index (χ1v) is 6.50. The van der Waals surface area contributed by atoms with E-state index in [4.69, 9.17) is 11.6 Å². The van der Waals surface area contributed by atoms with Crippen LogP contribution in [0.5, 0.6) is 0 Å². The van der Waals surface area contributed by atoms with Gasteiger partial charge in [-0.3, -0.25) is 0 Å². The van der Waals surface area contributed by atoms with Crippen molar-refractivity contribution in [1.29, 1.82) is 0 Å². The second kappa shape index (κ2) is 6.03. The number of benzene rings is 1. The molecule has 0 aliphatic rings. The van der Waals surface area contributed by atoms with Gasteiger partial charge in [-0.15, -0.1) is 0 Å². The third kappa shape index (κ3) is 3.34. The molecule has 2 aromatic rings. The summed E-state index contributed by atoms with van der Waals surface area (Å²) in [6.07, 6.45) is 3.78. The summed E-state index contributed by atoms with van der Waals surface area (Å²) < 4.78 is 2.17. The van der Waals surface area contributed by atoms with Gasteiger partial charge in [-0.25, -0.2) is 4.98 Å². The molecular weight excluding hydrogens is 246 g/mol. The minimum Gasteiger partial charge on any atom is -0.331 e. The van der Waals surface area contributed by atoms with Gasteiger partial charge in [-0.2, -0.15) is 0 Å². The molecule has 2 rings (SSSR count). The first kappa shape index (κ1) is 13.1. The number of halogens is 1. The third-order valence-electron chi connectivity index (χ3n) is 2.83. The Morgan fingerprint density at radius 2 is 2.17 bits per heavy atom. The summed E-state index contributed by atoms with van der Waals surface area (Å²) in [6, 6.07) is 8.35. The van der Waals surface area contributed by atoms with Gasteiger partial charge in [0.2, 0.25) is 0 Å².